The molecule has 0 unspecified atom stereocenters. The van der Waals surface area contributed by atoms with E-state index >= 15 is 0 Å². The van der Waals surface area contributed by atoms with Crippen molar-refractivity contribution in [3.05, 3.63) is 11.6 Å². The number of hydrogen-bond donors (Lipinski definition) is 1. The van der Waals surface area contributed by atoms with Gasteiger partial charge in [-0.25, -0.2) is 4.79 Å². The molecule has 70 valence electrons. The lowest BCUT2D eigenvalue weighted by molar-refractivity contribution is -0.131. The molecule has 0 heterocycles. The summed E-state index contributed by atoms with van der Waals surface area (Å²) in [6.45, 7) is 4.04. The molecule has 0 aromatic carbocycles. The summed E-state index contributed by atoms with van der Waals surface area (Å²) >= 11 is 0. The van der Waals surface area contributed by atoms with Crippen molar-refractivity contribution in [2.75, 3.05) is 0 Å². The molecule has 0 aromatic heterocycles. The van der Waals surface area contributed by atoms with Crippen LogP contribution < -0.4 is 0 Å². The minimum Gasteiger partial charge on any atom is -0.478 e. The fourth-order valence-corrected chi connectivity index (χ4v) is 1.11. The van der Waals surface area contributed by atoms with Gasteiger partial charge in [-0.05, 0) is 19.8 Å². The Labute approximate surface area is 74.3 Å². The fourth-order valence-electron chi connectivity index (χ4n) is 1.11. The van der Waals surface area contributed by atoms with E-state index < -0.39 is 5.97 Å². The van der Waals surface area contributed by atoms with E-state index in [0.29, 0.717) is 0 Å². The van der Waals surface area contributed by atoms with Gasteiger partial charge in [0.15, 0.2) is 0 Å². The summed E-state index contributed by atoms with van der Waals surface area (Å²) in [5, 5.41) is 8.41. The molecule has 2 nitrogen and oxygen atoms in total. The molecule has 0 saturated carbocycles. The third-order valence-corrected chi connectivity index (χ3v) is 1.79. The van der Waals surface area contributed by atoms with Crippen molar-refractivity contribution >= 4 is 5.97 Å². The van der Waals surface area contributed by atoms with Crippen molar-refractivity contribution in [2.24, 2.45) is 0 Å². The van der Waals surface area contributed by atoms with Crippen LogP contribution in [0.4, 0.5) is 0 Å². The number of carboxylic acids is 1. The Kier molecular flexibility index (Phi) is 6.44. The number of rotatable bonds is 6. The van der Waals surface area contributed by atoms with Crippen molar-refractivity contribution in [1.82, 2.24) is 0 Å². The van der Waals surface area contributed by atoms with Gasteiger partial charge < -0.3 is 5.11 Å². The quantitative estimate of drug-likeness (QED) is 0.491. The lowest BCUT2D eigenvalue weighted by Gasteiger charge is -1.98. The third kappa shape index (κ3) is 7.32. The van der Waals surface area contributed by atoms with Crippen LogP contribution in [0.1, 0.15) is 46.0 Å². The maximum Gasteiger partial charge on any atom is 0.328 e. The van der Waals surface area contributed by atoms with Crippen LogP contribution in [-0.4, -0.2) is 11.1 Å². The minimum absolute atomic E-state index is 0.831. The lowest BCUT2D eigenvalue weighted by Crippen LogP contribution is -1.90. The van der Waals surface area contributed by atoms with E-state index in [-0.39, 0.29) is 0 Å². The van der Waals surface area contributed by atoms with Crippen molar-refractivity contribution in [2.45, 2.75) is 46.0 Å². The zero-order chi connectivity index (χ0) is 9.40. The highest BCUT2D eigenvalue weighted by atomic mass is 16.4. The Morgan fingerprint density at radius 1 is 1.33 bits per heavy atom. The summed E-state index contributed by atoms with van der Waals surface area (Å²) < 4.78 is 0. The predicted octanol–water partition coefficient (Wildman–Crippen LogP) is 2.99. The van der Waals surface area contributed by atoms with Gasteiger partial charge in [0.1, 0.15) is 0 Å². The van der Waals surface area contributed by atoms with E-state index in [1.54, 1.807) is 0 Å². The number of unbranched alkanes of at least 4 members (excludes halogenated alkanes) is 3. The van der Waals surface area contributed by atoms with Gasteiger partial charge in [-0.15, -0.1) is 0 Å². The van der Waals surface area contributed by atoms with Crippen molar-refractivity contribution in [3.63, 3.8) is 0 Å². The Morgan fingerprint density at radius 2 is 2.00 bits per heavy atom. The molecule has 0 aliphatic heterocycles. The number of carbonyl (C=O) groups is 1. The van der Waals surface area contributed by atoms with Gasteiger partial charge >= 0.3 is 5.97 Å². The van der Waals surface area contributed by atoms with Crippen LogP contribution in [0.15, 0.2) is 11.6 Å². The molecule has 0 radical (unpaired) electrons. The Morgan fingerprint density at radius 3 is 2.50 bits per heavy atom. The predicted molar refractivity (Wildman–Crippen MR) is 50.2 cm³/mol. The summed E-state index contributed by atoms with van der Waals surface area (Å²) in [6, 6.07) is 0. The second-order valence-electron chi connectivity index (χ2n) is 3.14. The van der Waals surface area contributed by atoms with Gasteiger partial charge in [0, 0.05) is 6.08 Å². The van der Waals surface area contributed by atoms with Crippen molar-refractivity contribution in [3.8, 4) is 0 Å². The largest absolute Gasteiger partial charge is 0.478 e. The highest BCUT2D eigenvalue weighted by Crippen LogP contribution is 2.08. The minimum atomic E-state index is -0.831. The Hall–Kier alpha value is -0.790. The van der Waals surface area contributed by atoms with E-state index in [0.717, 1.165) is 18.4 Å². The first-order valence-corrected chi connectivity index (χ1v) is 4.57. The SMILES string of the molecule is CCCCCC/C(C)=C\C(=O)O. The molecule has 12 heavy (non-hydrogen) atoms. The van der Waals surface area contributed by atoms with E-state index in [1.165, 1.54) is 25.3 Å². The van der Waals surface area contributed by atoms with Crippen LogP contribution in [0.5, 0.6) is 0 Å². The van der Waals surface area contributed by atoms with Gasteiger partial charge in [-0.3, -0.25) is 0 Å². The summed E-state index contributed by atoms with van der Waals surface area (Å²) in [5.41, 5.74) is 0.971. The molecular weight excluding hydrogens is 152 g/mol. The number of allylic oxidation sites excluding steroid dienone is 1. The molecule has 0 fully saturated rings. The summed E-state index contributed by atoms with van der Waals surface area (Å²) in [4.78, 5) is 10.2. The van der Waals surface area contributed by atoms with Gasteiger partial charge in [-0.2, -0.15) is 0 Å². The van der Waals surface area contributed by atoms with Gasteiger partial charge in [0.2, 0.25) is 0 Å². The molecule has 0 atom stereocenters. The van der Waals surface area contributed by atoms with E-state index in [4.69, 9.17) is 5.11 Å². The zero-order valence-electron chi connectivity index (χ0n) is 7.97. The third-order valence-electron chi connectivity index (χ3n) is 1.79. The van der Waals surface area contributed by atoms with Crippen molar-refractivity contribution < 1.29 is 9.90 Å². The summed E-state index contributed by atoms with van der Waals surface area (Å²) in [7, 11) is 0. The van der Waals surface area contributed by atoms with E-state index in [2.05, 4.69) is 6.92 Å². The first kappa shape index (κ1) is 11.2. The normalized spacial score (nSPS) is 11.7. The van der Waals surface area contributed by atoms with Crippen LogP contribution in [0.3, 0.4) is 0 Å². The second-order valence-corrected chi connectivity index (χ2v) is 3.14. The van der Waals surface area contributed by atoms with Crippen molar-refractivity contribution in [1.29, 1.82) is 0 Å². The summed E-state index contributed by atoms with van der Waals surface area (Å²) in [5.74, 6) is -0.831. The number of carboxylic acid groups (broad SMARTS) is 1. The summed E-state index contributed by atoms with van der Waals surface area (Å²) in [6.07, 6.45) is 7.02. The molecule has 1 N–H and O–H groups in total. The lowest BCUT2D eigenvalue weighted by atomic mass is 10.1. The smallest absolute Gasteiger partial charge is 0.328 e. The van der Waals surface area contributed by atoms with Crippen LogP contribution >= 0.6 is 0 Å². The Balaban J connectivity index is 3.43. The average molecular weight is 170 g/mol. The fraction of sp³-hybridized carbons (Fsp3) is 0.700. The molecule has 0 saturated heterocycles. The molecule has 0 rings (SSSR count). The van der Waals surface area contributed by atoms with E-state index in [9.17, 15) is 4.79 Å². The number of hydrogen-bond acceptors (Lipinski definition) is 1. The van der Waals surface area contributed by atoms with Gasteiger partial charge in [0.05, 0.1) is 0 Å². The molecule has 0 aromatic rings. The Bertz CT molecular complexity index is 159. The average Bonchev–Trinajstić information content (AvgIpc) is 1.97. The molecule has 0 aliphatic carbocycles. The maximum atomic E-state index is 10.2. The monoisotopic (exact) mass is 170 g/mol. The molecular formula is C10H18O2. The topological polar surface area (TPSA) is 37.3 Å². The maximum absolute atomic E-state index is 10.2. The van der Waals surface area contributed by atoms with Crippen LogP contribution in [-0.2, 0) is 4.79 Å². The molecule has 2 heteroatoms. The van der Waals surface area contributed by atoms with Crippen LogP contribution in [0.25, 0.3) is 0 Å². The molecule has 0 spiro atoms. The zero-order valence-corrected chi connectivity index (χ0v) is 7.97. The van der Waals surface area contributed by atoms with Gasteiger partial charge in [-0.1, -0.05) is 31.8 Å². The van der Waals surface area contributed by atoms with E-state index in [1.807, 2.05) is 6.92 Å². The highest BCUT2D eigenvalue weighted by Gasteiger charge is 1.94. The first-order valence-electron chi connectivity index (χ1n) is 4.57. The molecule has 0 aliphatic rings. The van der Waals surface area contributed by atoms with Crippen LogP contribution in [0.2, 0.25) is 0 Å². The standard InChI is InChI=1S/C10H18O2/c1-3-4-5-6-7-9(2)8-10(11)12/h8H,3-7H2,1-2H3,(H,11,12)/b9-8-. The molecule has 0 amide bonds. The molecule has 0 bridgehead atoms. The number of aliphatic carboxylic acids is 1. The second kappa shape index (κ2) is 6.89. The first-order chi connectivity index (χ1) is 5.66. The van der Waals surface area contributed by atoms with Crippen LogP contribution in [0, 0.1) is 0 Å². The van der Waals surface area contributed by atoms with Gasteiger partial charge in [0.25, 0.3) is 0 Å². The highest BCUT2D eigenvalue weighted by molar-refractivity contribution is 5.80.